The minimum Gasteiger partial charge on any atom is -0.480 e. The zero-order chi connectivity index (χ0) is 33.5. The molecule has 9 N–H and O–H groups in total. The van der Waals surface area contributed by atoms with Gasteiger partial charge < -0.3 is 41.7 Å². The van der Waals surface area contributed by atoms with Crippen molar-refractivity contribution in [2.24, 2.45) is 5.84 Å². The maximum Gasteiger partial charge on any atom is 0.326 e. The second-order valence-corrected chi connectivity index (χ2v) is 10.4. The predicted octanol–water partition coefficient (Wildman–Crippen LogP) is 1.33. The van der Waals surface area contributed by atoms with E-state index in [0.29, 0.717) is 24.9 Å². The molecule has 3 unspecified atom stereocenters. The Balaban J connectivity index is 1.58. The first-order chi connectivity index (χ1) is 22.1. The molecule has 46 heavy (non-hydrogen) atoms. The molecule has 3 atom stereocenters. The number of unbranched alkanes of at least 4 members (excludes halogenated alkanes) is 1. The molecule has 3 aromatic rings. The lowest BCUT2D eigenvalue weighted by Gasteiger charge is -2.20. The summed E-state index contributed by atoms with van der Waals surface area (Å²) in [7, 11) is 0. The third-order valence-corrected chi connectivity index (χ3v) is 7.05. The number of benzene rings is 2. The third kappa shape index (κ3) is 10.9. The molecule has 2 aromatic carbocycles. The number of anilines is 1. The summed E-state index contributed by atoms with van der Waals surface area (Å²) in [4.78, 5) is 76.0. The second-order valence-electron chi connectivity index (χ2n) is 10.4. The monoisotopic (exact) mass is 635 g/mol. The van der Waals surface area contributed by atoms with Gasteiger partial charge in [-0.1, -0.05) is 42.5 Å². The van der Waals surface area contributed by atoms with Gasteiger partial charge in [0.1, 0.15) is 30.2 Å². The van der Waals surface area contributed by atoms with Crippen molar-refractivity contribution in [2.45, 2.75) is 56.7 Å². The summed E-state index contributed by atoms with van der Waals surface area (Å²) < 4.78 is 0. The summed E-state index contributed by atoms with van der Waals surface area (Å²) in [6.07, 6.45) is 2.46. The molecular formula is C31H37N7O8. The molecule has 0 radical (unpaired) electrons. The molecule has 4 amide bonds. The zero-order valence-electron chi connectivity index (χ0n) is 24.9. The smallest absolute Gasteiger partial charge is 0.326 e. The third-order valence-electron chi connectivity index (χ3n) is 7.05. The van der Waals surface area contributed by atoms with E-state index in [-0.39, 0.29) is 37.8 Å². The van der Waals surface area contributed by atoms with E-state index < -0.39 is 47.9 Å². The van der Waals surface area contributed by atoms with Gasteiger partial charge in [0.2, 0.25) is 5.91 Å². The van der Waals surface area contributed by atoms with E-state index in [1.165, 1.54) is 18.3 Å². The van der Waals surface area contributed by atoms with Crippen LogP contribution in [0, 0.1) is 0 Å². The SMILES string of the molecule is NNc1ccc(C(=O)NC(Cc2ccc3ccccc3c2)C(=O)NCCCCC(NC(=O)NC(CCC=O)C(=O)O)C(=O)O)cn1. The standard InChI is InChI=1S/C31H37N7O8/c32-38-26-13-12-22(18-34-26)27(40)35-25(17-19-10-11-20-6-1-2-7-21(20)16-19)28(41)33-14-4-3-8-23(29(42)43)36-31(46)37-24(30(44)45)9-5-15-39/h1-2,6-7,10-13,15-16,18,23-25H,3-5,8-9,14,17,32H2,(H,33,41)(H,34,38)(H,35,40)(H,42,43)(H,44,45)(H2,36,37,46). The quantitative estimate of drug-likeness (QED) is 0.0429. The lowest BCUT2D eigenvalue weighted by molar-refractivity contribution is -0.139. The highest BCUT2D eigenvalue weighted by Crippen LogP contribution is 2.17. The molecule has 0 aliphatic heterocycles. The van der Waals surface area contributed by atoms with Crippen LogP contribution in [0.25, 0.3) is 10.8 Å². The summed E-state index contributed by atoms with van der Waals surface area (Å²) in [5, 5.41) is 30.6. The number of nitrogens with zero attached hydrogens (tertiary/aromatic N) is 1. The molecule has 0 saturated heterocycles. The van der Waals surface area contributed by atoms with Crippen LogP contribution in [0.4, 0.5) is 10.6 Å². The summed E-state index contributed by atoms with van der Waals surface area (Å²) in [5.74, 6) is 2.07. The van der Waals surface area contributed by atoms with Gasteiger partial charge in [-0.3, -0.25) is 9.59 Å². The topological polar surface area (TPSA) is 242 Å². The maximum absolute atomic E-state index is 13.3. The molecule has 244 valence electrons. The number of hydrogen-bond donors (Lipinski definition) is 8. The first-order valence-corrected chi connectivity index (χ1v) is 14.6. The molecule has 15 heteroatoms. The number of carbonyl (C=O) groups is 6. The highest BCUT2D eigenvalue weighted by atomic mass is 16.4. The molecule has 0 saturated carbocycles. The molecule has 0 spiro atoms. The number of amides is 4. The number of rotatable bonds is 18. The van der Waals surface area contributed by atoms with E-state index in [1.54, 1.807) is 0 Å². The fourth-order valence-corrected chi connectivity index (χ4v) is 4.58. The summed E-state index contributed by atoms with van der Waals surface area (Å²) >= 11 is 0. The van der Waals surface area contributed by atoms with Crippen LogP contribution in [-0.2, 0) is 25.6 Å². The van der Waals surface area contributed by atoms with Crippen molar-refractivity contribution in [3.8, 4) is 0 Å². The molecular weight excluding hydrogens is 598 g/mol. The van der Waals surface area contributed by atoms with Gasteiger partial charge in [-0.15, -0.1) is 0 Å². The maximum atomic E-state index is 13.3. The fourth-order valence-electron chi connectivity index (χ4n) is 4.58. The Morgan fingerprint density at radius 2 is 1.52 bits per heavy atom. The van der Waals surface area contributed by atoms with Crippen molar-refractivity contribution in [3.63, 3.8) is 0 Å². The number of aromatic nitrogens is 1. The lowest BCUT2D eigenvalue weighted by Crippen LogP contribution is -2.51. The van der Waals surface area contributed by atoms with Crippen LogP contribution in [-0.4, -0.2) is 75.9 Å². The molecule has 0 bridgehead atoms. The van der Waals surface area contributed by atoms with E-state index >= 15 is 0 Å². The van der Waals surface area contributed by atoms with Gasteiger partial charge >= 0.3 is 18.0 Å². The average molecular weight is 636 g/mol. The summed E-state index contributed by atoms with van der Waals surface area (Å²) in [6.45, 7) is 0.159. The number of carboxylic acid groups (broad SMARTS) is 2. The van der Waals surface area contributed by atoms with Crippen molar-refractivity contribution in [3.05, 3.63) is 71.9 Å². The van der Waals surface area contributed by atoms with Crippen molar-refractivity contribution in [1.29, 1.82) is 0 Å². The molecule has 0 aliphatic carbocycles. The van der Waals surface area contributed by atoms with Crippen LogP contribution < -0.4 is 32.5 Å². The highest BCUT2D eigenvalue weighted by molar-refractivity contribution is 5.97. The number of pyridine rings is 1. The Kier molecular flexibility index (Phi) is 13.4. The lowest BCUT2D eigenvalue weighted by atomic mass is 10.0. The number of urea groups is 1. The fraction of sp³-hybridized carbons (Fsp3) is 0.323. The normalized spacial score (nSPS) is 12.6. The van der Waals surface area contributed by atoms with Crippen molar-refractivity contribution in [2.75, 3.05) is 12.0 Å². The van der Waals surface area contributed by atoms with Gasteiger partial charge in [0.05, 0.1) is 5.56 Å². The van der Waals surface area contributed by atoms with Crippen LogP contribution in [0.1, 0.15) is 48.0 Å². The van der Waals surface area contributed by atoms with Crippen LogP contribution in [0.15, 0.2) is 60.8 Å². The Morgan fingerprint density at radius 3 is 2.15 bits per heavy atom. The molecule has 0 fully saturated rings. The van der Waals surface area contributed by atoms with Crippen molar-refractivity contribution >= 4 is 52.7 Å². The number of carbonyl (C=O) groups excluding carboxylic acids is 4. The predicted molar refractivity (Wildman–Crippen MR) is 168 cm³/mol. The Bertz CT molecular complexity index is 1530. The number of nitrogens with one attached hydrogen (secondary N) is 5. The number of hydrogen-bond acceptors (Lipinski definition) is 9. The Hall–Kier alpha value is -5.57. The average Bonchev–Trinajstić information content (AvgIpc) is 3.05. The van der Waals surface area contributed by atoms with Gasteiger partial charge in [-0.25, -0.2) is 25.2 Å². The first-order valence-electron chi connectivity index (χ1n) is 14.6. The molecule has 3 rings (SSSR count). The highest BCUT2D eigenvalue weighted by Gasteiger charge is 2.25. The minimum atomic E-state index is -1.35. The number of aliphatic carboxylic acids is 2. The number of fused-ring (bicyclic) bond motifs is 1. The van der Waals surface area contributed by atoms with Gasteiger partial charge in [0.25, 0.3) is 5.91 Å². The molecule has 15 nitrogen and oxygen atoms in total. The number of nitrogen functional groups attached to an aromatic ring is 1. The summed E-state index contributed by atoms with van der Waals surface area (Å²) in [6, 6.07) is 12.0. The number of nitrogens with two attached hydrogens (primary N) is 1. The zero-order valence-corrected chi connectivity index (χ0v) is 24.9. The van der Waals surface area contributed by atoms with E-state index in [9.17, 15) is 39.0 Å². The van der Waals surface area contributed by atoms with E-state index in [4.69, 9.17) is 5.84 Å². The number of aldehydes is 1. The van der Waals surface area contributed by atoms with Gasteiger partial charge in [0, 0.05) is 25.6 Å². The van der Waals surface area contributed by atoms with Gasteiger partial charge in [0.15, 0.2) is 0 Å². The van der Waals surface area contributed by atoms with Crippen LogP contribution >= 0.6 is 0 Å². The summed E-state index contributed by atoms with van der Waals surface area (Å²) in [5.41, 5.74) is 3.43. The van der Waals surface area contributed by atoms with Crippen molar-refractivity contribution < 1.29 is 39.0 Å². The number of carboxylic acids is 2. The second kappa shape index (κ2) is 17.7. The molecule has 1 aromatic heterocycles. The molecule has 1 heterocycles. The van der Waals surface area contributed by atoms with Crippen LogP contribution in [0.5, 0.6) is 0 Å². The van der Waals surface area contributed by atoms with E-state index in [2.05, 4.69) is 31.7 Å². The van der Waals surface area contributed by atoms with Crippen molar-refractivity contribution in [1.82, 2.24) is 26.3 Å². The minimum absolute atomic E-state index is 0.00259. The van der Waals surface area contributed by atoms with Crippen LogP contribution in [0.2, 0.25) is 0 Å². The van der Waals surface area contributed by atoms with Gasteiger partial charge in [-0.2, -0.15) is 0 Å². The Morgan fingerprint density at radius 1 is 0.826 bits per heavy atom. The molecule has 0 aliphatic rings. The Labute approximate surface area is 264 Å². The van der Waals surface area contributed by atoms with E-state index in [1.807, 2.05) is 42.5 Å². The first kappa shape index (κ1) is 34.9. The van der Waals surface area contributed by atoms with Gasteiger partial charge in [-0.05, 0) is 54.2 Å². The number of hydrazine groups is 1. The largest absolute Gasteiger partial charge is 0.480 e. The van der Waals surface area contributed by atoms with E-state index in [0.717, 1.165) is 16.3 Å². The van der Waals surface area contributed by atoms with Crippen LogP contribution in [0.3, 0.4) is 0 Å².